The number of imidazole rings is 1. The molecule has 27 heavy (non-hydrogen) atoms. The number of fused-ring (bicyclic) bond motifs is 1. The molecule has 2 N–H and O–H groups in total. The number of benzene rings is 1. The molecule has 2 heterocycles. The molecule has 0 saturated heterocycles. The standard InChI is InChI=1S/C19H24N6O2/c1-4-5-8-25-16(24-17-18(20)21-12-22-19(17)25)10-14-9-15(26-2)7-6-13(14)11-23-27-3/h6-7,9,11-12H,4-5,8,10H2,1-3H3,(H2,20,21,22). The molecule has 3 aromatic rings. The molecule has 0 aliphatic carbocycles. The molecule has 8 nitrogen and oxygen atoms in total. The Kier molecular flexibility index (Phi) is 5.85. The topological polar surface area (TPSA) is 100 Å². The number of nitrogens with zero attached hydrogens (tertiary/aromatic N) is 5. The number of ether oxygens (including phenoxy) is 1. The Balaban J connectivity index is 2.08. The van der Waals surface area contributed by atoms with Gasteiger partial charge in [0.2, 0.25) is 0 Å². The number of anilines is 1. The molecular formula is C19H24N6O2. The summed E-state index contributed by atoms with van der Waals surface area (Å²) in [5.74, 6) is 2.05. The van der Waals surface area contributed by atoms with Crippen LogP contribution in [0.5, 0.6) is 5.75 Å². The van der Waals surface area contributed by atoms with Crippen molar-refractivity contribution < 1.29 is 9.57 Å². The summed E-state index contributed by atoms with van der Waals surface area (Å²) in [7, 11) is 3.17. The van der Waals surface area contributed by atoms with Gasteiger partial charge in [-0.15, -0.1) is 0 Å². The quantitative estimate of drug-likeness (QED) is 0.485. The highest BCUT2D eigenvalue weighted by molar-refractivity contribution is 5.83. The smallest absolute Gasteiger partial charge is 0.165 e. The average Bonchev–Trinajstić information content (AvgIpc) is 3.03. The van der Waals surface area contributed by atoms with E-state index in [1.807, 2.05) is 18.2 Å². The fourth-order valence-electron chi connectivity index (χ4n) is 2.95. The van der Waals surface area contributed by atoms with E-state index >= 15 is 0 Å². The van der Waals surface area contributed by atoms with Gasteiger partial charge in [-0.25, -0.2) is 15.0 Å². The number of unbranched alkanes of at least 4 members (excludes halogenated alkanes) is 1. The maximum Gasteiger partial charge on any atom is 0.165 e. The molecule has 0 aliphatic heterocycles. The number of nitrogens with two attached hydrogens (primary N) is 1. The van der Waals surface area contributed by atoms with Crippen LogP contribution in [0.1, 0.15) is 36.7 Å². The van der Waals surface area contributed by atoms with Crippen LogP contribution in [0.2, 0.25) is 0 Å². The first kappa shape index (κ1) is 18.6. The molecule has 8 heteroatoms. The third-order valence-electron chi connectivity index (χ3n) is 4.37. The lowest BCUT2D eigenvalue weighted by Crippen LogP contribution is -2.07. The normalized spacial score (nSPS) is 11.4. The number of nitrogen functional groups attached to an aromatic ring is 1. The molecule has 0 bridgehead atoms. The Morgan fingerprint density at radius 1 is 1.26 bits per heavy atom. The van der Waals surface area contributed by atoms with Crippen molar-refractivity contribution >= 4 is 23.2 Å². The molecule has 2 aromatic heterocycles. The number of hydrogen-bond acceptors (Lipinski definition) is 7. The molecule has 0 fully saturated rings. The zero-order chi connectivity index (χ0) is 19.2. The largest absolute Gasteiger partial charge is 0.497 e. The lowest BCUT2D eigenvalue weighted by Gasteiger charge is -2.11. The molecule has 142 valence electrons. The van der Waals surface area contributed by atoms with E-state index in [0.717, 1.165) is 47.7 Å². The summed E-state index contributed by atoms with van der Waals surface area (Å²) in [5.41, 5.74) is 9.38. The molecule has 0 aliphatic rings. The fourth-order valence-corrected chi connectivity index (χ4v) is 2.95. The predicted molar refractivity (Wildman–Crippen MR) is 105 cm³/mol. The highest BCUT2D eigenvalue weighted by atomic mass is 16.6. The lowest BCUT2D eigenvalue weighted by molar-refractivity contribution is 0.215. The van der Waals surface area contributed by atoms with Crippen molar-refractivity contribution in [2.24, 2.45) is 5.16 Å². The molecule has 0 spiro atoms. The van der Waals surface area contributed by atoms with Crippen molar-refractivity contribution in [3.05, 3.63) is 41.5 Å². The van der Waals surface area contributed by atoms with Crippen LogP contribution in [0.15, 0.2) is 29.7 Å². The van der Waals surface area contributed by atoms with Gasteiger partial charge in [-0.05, 0) is 35.7 Å². The third kappa shape index (κ3) is 3.99. The summed E-state index contributed by atoms with van der Waals surface area (Å²) < 4.78 is 7.50. The van der Waals surface area contributed by atoms with Gasteiger partial charge in [0, 0.05) is 13.0 Å². The summed E-state index contributed by atoms with van der Waals surface area (Å²) in [6.07, 6.45) is 5.85. The van der Waals surface area contributed by atoms with E-state index in [4.69, 9.17) is 20.3 Å². The van der Waals surface area contributed by atoms with E-state index in [1.54, 1.807) is 13.3 Å². The third-order valence-corrected chi connectivity index (χ3v) is 4.37. The monoisotopic (exact) mass is 368 g/mol. The number of hydrogen-bond donors (Lipinski definition) is 1. The zero-order valence-electron chi connectivity index (χ0n) is 15.8. The fraction of sp³-hybridized carbons (Fsp3) is 0.368. The van der Waals surface area contributed by atoms with Gasteiger partial charge in [-0.3, -0.25) is 0 Å². The average molecular weight is 368 g/mol. The molecule has 0 atom stereocenters. The summed E-state index contributed by atoms with van der Waals surface area (Å²) in [4.78, 5) is 18.0. The Labute approximate surface area is 158 Å². The van der Waals surface area contributed by atoms with Crippen molar-refractivity contribution in [2.45, 2.75) is 32.7 Å². The molecule has 3 rings (SSSR count). The van der Waals surface area contributed by atoms with Gasteiger partial charge in [-0.1, -0.05) is 18.5 Å². The SMILES string of the molecule is CCCCn1c(Cc2cc(OC)ccc2C=NOC)nc2c(N)ncnc21. The summed E-state index contributed by atoms with van der Waals surface area (Å²) in [5, 5.41) is 3.89. The van der Waals surface area contributed by atoms with Crippen molar-refractivity contribution in [3.8, 4) is 5.75 Å². The second-order valence-electron chi connectivity index (χ2n) is 6.12. The van der Waals surface area contributed by atoms with Gasteiger partial charge in [0.1, 0.15) is 25.0 Å². The van der Waals surface area contributed by atoms with E-state index in [1.165, 1.54) is 13.4 Å². The molecule has 0 radical (unpaired) electrons. The van der Waals surface area contributed by atoms with Crippen LogP contribution in [0.3, 0.4) is 0 Å². The van der Waals surface area contributed by atoms with Crippen molar-refractivity contribution in [1.82, 2.24) is 19.5 Å². The maximum atomic E-state index is 6.02. The minimum atomic E-state index is 0.392. The molecule has 0 saturated carbocycles. The predicted octanol–water partition coefficient (Wildman–Crippen LogP) is 2.79. The number of rotatable bonds is 8. The van der Waals surface area contributed by atoms with Gasteiger partial charge in [-0.2, -0.15) is 0 Å². The minimum absolute atomic E-state index is 0.392. The second-order valence-corrected chi connectivity index (χ2v) is 6.12. The van der Waals surface area contributed by atoms with Crippen LogP contribution in [0.4, 0.5) is 5.82 Å². The van der Waals surface area contributed by atoms with Gasteiger partial charge in [0.15, 0.2) is 17.0 Å². The van der Waals surface area contributed by atoms with E-state index in [0.29, 0.717) is 17.8 Å². The van der Waals surface area contributed by atoms with Gasteiger partial charge < -0.3 is 19.9 Å². The number of methoxy groups -OCH3 is 1. The Morgan fingerprint density at radius 3 is 2.85 bits per heavy atom. The maximum absolute atomic E-state index is 6.02. The lowest BCUT2D eigenvalue weighted by atomic mass is 10.0. The van der Waals surface area contributed by atoms with Gasteiger partial charge in [0.05, 0.1) is 13.3 Å². The summed E-state index contributed by atoms with van der Waals surface area (Å²) >= 11 is 0. The highest BCUT2D eigenvalue weighted by Crippen LogP contribution is 2.24. The van der Waals surface area contributed by atoms with Gasteiger partial charge in [0.25, 0.3) is 0 Å². The highest BCUT2D eigenvalue weighted by Gasteiger charge is 2.16. The second kappa shape index (κ2) is 8.48. The van der Waals surface area contributed by atoms with Crippen LogP contribution >= 0.6 is 0 Å². The van der Waals surface area contributed by atoms with E-state index in [2.05, 4.69) is 26.6 Å². The van der Waals surface area contributed by atoms with Crippen LogP contribution in [0, 0.1) is 0 Å². The Morgan fingerprint density at radius 2 is 2.11 bits per heavy atom. The number of aromatic nitrogens is 4. The summed E-state index contributed by atoms with van der Waals surface area (Å²) in [6, 6.07) is 5.82. The molecule has 0 unspecified atom stereocenters. The van der Waals surface area contributed by atoms with Crippen LogP contribution in [-0.4, -0.2) is 40.0 Å². The van der Waals surface area contributed by atoms with E-state index in [9.17, 15) is 0 Å². The van der Waals surface area contributed by atoms with Crippen LogP contribution in [0.25, 0.3) is 11.2 Å². The number of oxime groups is 1. The van der Waals surface area contributed by atoms with E-state index in [-0.39, 0.29) is 0 Å². The minimum Gasteiger partial charge on any atom is -0.497 e. The first-order valence-electron chi connectivity index (χ1n) is 8.87. The van der Waals surface area contributed by atoms with Crippen molar-refractivity contribution in [1.29, 1.82) is 0 Å². The number of aryl methyl sites for hydroxylation is 1. The van der Waals surface area contributed by atoms with E-state index < -0.39 is 0 Å². The Hall–Kier alpha value is -3.16. The molecule has 0 amide bonds. The van der Waals surface area contributed by atoms with Crippen LogP contribution < -0.4 is 10.5 Å². The van der Waals surface area contributed by atoms with Gasteiger partial charge >= 0.3 is 0 Å². The molecular weight excluding hydrogens is 344 g/mol. The molecule has 1 aromatic carbocycles. The first-order chi connectivity index (χ1) is 13.2. The first-order valence-corrected chi connectivity index (χ1v) is 8.87. The van der Waals surface area contributed by atoms with Crippen molar-refractivity contribution in [3.63, 3.8) is 0 Å². The van der Waals surface area contributed by atoms with Crippen LogP contribution in [-0.2, 0) is 17.8 Å². The Bertz CT molecular complexity index is 951. The zero-order valence-corrected chi connectivity index (χ0v) is 15.8. The van der Waals surface area contributed by atoms with Crippen molar-refractivity contribution in [2.75, 3.05) is 20.0 Å². The summed E-state index contributed by atoms with van der Waals surface area (Å²) in [6.45, 7) is 2.98.